The van der Waals surface area contributed by atoms with Crippen LogP contribution in [-0.2, 0) is 15.9 Å². The molecule has 32 heavy (non-hydrogen) atoms. The fourth-order valence-electron chi connectivity index (χ4n) is 3.64. The van der Waals surface area contributed by atoms with Crippen LogP contribution in [-0.4, -0.2) is 25.0 Å². The number of benzene rings is 2. The summed E-state index contributed by atoms with van der Waals surface area (Å²) in [5.41, 5.74) is 3.16. The van der Waals surface area contributed by atoms with Crippen LogP contribution in [0.2, 0.25) is 0 Å². The smallest absolute Gasteiger partial charge is 0.341 e. The summed E-state index contributed by atoms with van der Waals surface area (Å²) in [7, 11) is 1.29. The highest BCUT2D eigenvalue weighted by Crippen LogP contribution is 2.34. The Morgan fingerprint density at radius 1 is 1.16 bits per heavy atom. The average molecular weight is 453 g/mol. The molecule has 4 rings (SSSR count). The summed E-state index contributed by atoms with van der Waals surface area (Å²) in [6.45, 7) is 3.66. The lowest BCUT2D eigenvalue weighted by atomic mass is 9.93. The number of carbonyl (C=O) groups excluding carboxylic acids is 3. The number of carbonyl (C=O) groups is 3. The number of cyclic esters (lactones) is 1. The van der Waals surface area contributed by atoms with Crippen LogP contribution in [0.25, 0.3) is 0 Å². The second-order valence-corrected chi connectivity index (χ2v) is 8.68. The Labute approximate surface area is 188 Å². The molecule has 0 bridgehead atoms. The first-order valence-electron chi connectivity index (χ1n) is 9.87. The van der Waals surface area contributed by atoms with Crippen molar-refractivity contribution in [3.05, 3.63) is 86.5 Å². The van der Waals surface area contributed by atoms with E-state index in [1.54, 1.807) is 37.3 Å². The normalized spacial score (nSPS) is 15.0. The minimum atomic E-state index is -0.567. The zero-order valence-electron chi connectivity index (χ0n) is 17.7. The van der Waals surface area contributed by atoms with Gasteiger partial charge in [0, 0.05) is 16.9 Å². The zero-order valence-corrected chi connectivity index (χ0v) is 18.5. The topological polar surface area (TPSA) is 81.7 Å². The van der Waals surface area contributed by atoms with Crippen LogP contribution in [0.3, 0.4) is 0 Å². The van der Waals surface area contributed by atoms with Crippen molar-refractivity contribution in [1.82, 2.24) is 0 Å². The molecule has 0 saturated heterocycles. The summed E-state index contributed by atoms with van der Waals surface area (Å²) in [5.74, 6) is -1.79. The van der Waals surface area contributed by atoms with Crippen LogP contribution in [0, 0.1) is 19.7 Å². The molecule has 6 nitrogen and oxygen atoms in total. The molecule has 1 N–H and O–H groups in total. The molecule has 1 aliphatic rings. The summed E-state index contributed by atoms with van der Waals surface area (Å²) < 4.78 is 23.6. The molecule has 0 unspecified atom stereocenters. The minimum Gasteiger partial charge on any atom is -0.465 e. The second kappa shape index (κ2) is 8.55. The van der Waals surface area contributed by atoms with E-state index in [1.807, 2.05) is 6.92 Å². The van der Waals surface area contributed by atoms with Crippen LogP contribution in [0.4, 0.5) is 9.39 Å². The van der Waals surface area contributed by atoms with Gasteiger partial charge in [-0.25, -0.2) is 14.0 Å². The molecular weight excluding hydrogens is 433 g/mol. The van der Waals surface area contributed by atoms with Crippen LogP contribution >= 0.6 is 11.3 Å². The van der Waals surface area contributed by atoms with Crippen molar-refractivity contribution < 1.29 is 28.2 Å². The Bertz CT molecular complexity index is 1230. The number of hydrogen-bond donors (Lipinski definition) is 1. The van der Waals surface area contributed by atoms with Gasteiger partial charge < -0.3 is 14.8 Å². The number of hydrogen-bond acceptors (Lipinski definition) is 6. The van der Waals surface area contributed by atoms with E-state index in [4.69, 9.17) is 9.47 Å². The van der Waals surface area contributed by atoms with E-state index in [0.717, 1.165) is 10.4 Å². The number of amides is 1. The van der Waals surface area contributed by atoms with E-state index in [9.17, 15) is 18.8 Å². The minimum absolute atomic E-state index is 0.335. The van der Waals surface area contributed by atoms with Crippen molar-refractivity contribution in [3.63, 3.8) is 0 Å². The van der Waals surface area contributed by atoms with Crippen LogP contribution in [0.5, 0.6) is 0 Å². The van der Waals surface area contributed by atoms with E-state index in [1.165, 1.54) is 30.6 Å². The molecule has 0 saturated carbocycles. The highest BCUT2D eigenvalue weighted by atomic mass is 32.1. The van der Waals surface area contributed by atoms with Gasteiger partial charge in [-0.05, 0) is 60.9 Å². The number of fused-ring (bicyclic) bond motifs is 1. The first-order chi connectivity index (χ1) is 15.3. The summed E-state index contributed by atoms with van der Waals surface area (Å²) in [6.07, 6.45) is -0.208. The lowest BCUT2D eigenvalue weighted by Gasteiger charge is -2.25. The number of aryl methyl sites for hydroxylation is 1. The van der Waals surface area contributed by atoms with Crippen LogP contribution in [0.15, 0.2) is 42.5 Å². The van der Waals surface area contributed by atoms with E-state index in [-0.39, 0.29) is 5.82 Å². The highest BCUT2D eigenvalue weighted by molar-refractivity contribution is 7.16. The number of rotatable bonds is 4. The summed E-state index contributed by atoms with van der Waals surface area (Å²) in [6, 6.07) is 10.5. The third-order valence-electron chi connectivity index (χ3n) is 5.49. The number of halogens is 1. The van der Waals surface area contributed by atoms with E-state index >= 15 is 0 Å². The number of methoxy groups -OCH3 is 1. The van der Waals surface area contributed by atoms with E-state index in [2.05, 4.69) is 5.32 Å². The predicted molar refractivity (Wildman–Crippen MR) is 118 cm³/mol. The largest absolute Gasteiger partial charge is 0.465 e. The third-order valence-corrected chi connectivity index (χ3v) is 6.61. The molecule has 2 heterocycles. The second-order valence-electron chi connectivity index (χ2n) is 7.45. The molecule has 1 aromatic heterocycles. The lowest BCUT2D eigenvalue weighted by molar-refractivity contribution is 0.0252. The van der Waals surface area contributed by atoms with Crippen molar-refractivity contribution in [2.75, 3.05) is 12.4 Å². The van der Waals surface area contributed by atoms with E-state index < -0.39 is 23.9 Å². The Kier molecular flexibility index (Phi) is 5.80. The number of nitrogens with one attached hydrogen (secondary N) is 1. The SMILES string of the molecule is COC(=O)c1c(NC(=O)c2ccc3c(c2)C[C@H](c2ccc(F)cc2)OC3=O)sc(C)c1C. The monoisotopic (exact) mass is 453 g/mol. The van der Waals surface area contributed by atoms with Crippen LogP contribution in [0.1, 0.15) is 58.7 Å². The highest BCUT2D eigenvalue weighted by Gasteiger charge is 2.29. The molecular formula is C24H20FNO5S. The van der Waals surface area contributed by atoms with Crippen molar-refractivity contribution in [2.45, 2.75) is 26.4 Å². The fraction of sp³-hybridized carbons (Fsp3) is 0.208. The van der Waals surface area contributed by atoms with Gasteiger partial charge in [0.15, 0.2) is 0 Å². The van der Waals surface area contributed by atoms with Gasteiger partial charge in [0.05, 0.1) is 18.2 Å². The molecule has 8 heteroatoms. The van der Waals surface area contributed by atoms with Crippen molar-refractivity contribution >= 4 is 34.2 Å². The number of anilines is 1. The number of ether oxygens (including phenoxy) is 2. The Morgan fingerprint density at radius 3 is 2.56 bits per heavy atom. The third kappa shape index (κ3) is 4.01. The molecule has 2 aromatic carbocycles. The molecule has 1 atom stereocenters. The molecule has 1 aliphatic heterocycles. The lowest BCUT2D eigenvalue weighted by Crippen LogP contribution is -2.23. The van der Waals surface area contributed by atoms with Gasteiger partial charge in [-0.3, -0.25) is 4.79 Å². The number of esters is 2. The van der Waals surface area contributed by atoms with Gasteiger partial charge in [-0.2, -0.15) is 0 Å². The quantitative estimate of drug-likeness (QED) is 0.563. The first-order valence-corrected chi connectivity index (χ1v) is 10.7. The standard InChI is InChI=1S/C24H20FNO5S/c1-12-13(2)32-22(20(12)24(29)30-3)26-21(27)15-6-9-18-16(10-15)11-19(31-23(18)28)14-4-7-17(25)8-5-14/h4-10,19H,11H2,1-3H3,(H,26,27)/t19-/m1/s1. The Morgan fingerprint density at radius 2 is 1.88 bits per heavy atom. The van der Waals surface area contributed by atoms with Crippen molar-refractivity contribution in [1.29, 1.82) is 0 Å². The molecule has 164 valence electrons. The van der Waals surface area contributed by atoms with Gasteiger partial charge in [-0.15, -0.1) is 11.3 Å². The van der Waals surface area contributed by atoms with Crippen LogP contribution < -0.4 is 5.32 Å². The Balaban J connectivity index is 1.61. The fourth-order valence-corrected chi connectivity index (χ4v) is 4.68. The predicted octanol–water partition coefficient (Wildman–Crippen LogP) is 5.00. The van der Waals surface area contributed by atoms with Gasteiger partial charge in [-0.1, -0.05) is 12.1 Å². The van der Waals surface area contributed by atoms with Gasteiger partial charge in [0.25, 0.3) is 5.91 Å². The zero-order chi connectivity index (χ0) is 23.0. The maximum absolute atomic E-state index is 13.2. The van der Waals surface area contributed by atoms with Gasteiger partial charge >= 0.3 is 11.9 Å². The summed E-state index contributed by atoms with van der Waals surface area (Å²) in [4.78, 5) is 38.5. The summed E-state index contributed by atoms with van der Waals surface area (Å²) >= 11 is 1.30. The first kappa shape index (κ1) is 21.7. The molecule has 0 radical (unpaired) electrons. The Hall–Kier alpha value is -3.52. The average Bonchev–Trinajstić information content (AvgIpc) is 3.06. The number of thiophene rings is 1. The molecule has 1 amide bonds. The molecule has 0 aliphatic carbocycles. The summed E-state index contributed by atoms with van der Waals surface area (Å²) in [5, 5.41) is 3.21. The van der Waals surface area contributed by atoms with Crippen molar-refractivity contribution in [3.8, 4) is 0 Å². The van der Waals surface area contributed by atoms with Gasteiger partial charge in [0.1, 0.15) is 16.9 Å². The molecule has 3 aromatic rings. The van der Waals surface area contributed by atoms with E-state index in [0.29, 0.717) is 39.2 Å². The maximum atomic E-state index is 13.2. The van der Waals surface area contributed by atoms with Crippen molar-refractivity contribution in [2.24, 2.45) is 0 Å². The maximum Gasteiger partial charge on any atom is 0.341 e. The molecule has 0 fully saturated rings. The van der Waals surface area contributed by atoms with Gasteiger partial charge in [0.2, 0.25) is 0 Å². The molecule has 0 spiro atoms.